The first kappa shape index (κ1) is 14.9. The number of methoxy groups -OCH3 is 1. The predicted molar refractivity (Wildman–Crippen MR) is 82.5 cm³/mol. The summed E-state index contributed by atoms with van der Waals surface area (Å²) in [7, 11) is 5.72. The summed E-state index contributed by atoms with van der Waals surface area (Å²) < 4.78 is 5.43. The summed E-state index contributed by atoms with van der Waals surface area (Å²) in [4.78, 5) is 8.56. The molecule has 0 spiro atoms. The molecule has 0 amide bonds. The lowest BCUT2D eigenvalue weighted by molar-refractivity contribution is 0.287. The Hall–Kier alpha value is -1.46. The monoisotopic (exact) mass is 296 g/mol. The molecule has 1 aromatic carbocycles. The maximum Gasteiger partial charge on any atom is 0.191 e. The highest BCUT2D eigenvalue weighted by molar-refractivity contribution is 6.31. The molecule has 2 N–H and O–H groups in total. The molecule has 2 rings (SSSR count). The minimum Gasteiger partial charge on any atom is -0.496 e. The number of aliphatic imine (C=N–C) groups is 1. The van der Waals surface area contributed by atoms with Gasteiger partial charge in [0.1, 0.15) is 5.75 Å². The number of halogens is 1. The molecule has 0 saturated carbocycles. The number of guanidine groups is 1. The third-order valence-electron chi connectivity index (χ3n) is 3.45. The first-order valence-electron chi connectivity index (χ1n) is 6.58. The molecule has 0 aromatic heterocycles. The number of hydrogen-bond donors (Lipinski definition) is 1. The number of hydrogen-bond acceptors (Lipinski definition) is 5. The minimum absolute atomic E-state index is 0.0404. The Bertz CT molecular complexity index is 504. The Morgan fingerprint density at radius 2 is 2.25 bits per heavy atom. The highest BCUT2D eigenvalue weighted by Crippen LogP contribution is 2.37. The summed E-state index contributed by atoms with van der Waals surface area (Å²) in [6.45, 7) is 2.32. The van der Waals surface area contributed by atoms with E-state index in [4.69, 9.17) is 22.1 Å². The fourth-order valence-electron chi connectivity index (χ4n) is 2.37. The molecule has 1 aliphatic heterocycles. The van der Waals surface area contributed by atoms with Crippen molar-refractivity contribution in [2.24, 2.45) is 10.7 Å². The van der Waals surface area contributed by atoms with Crippen molar-refractivity contribution in [3.05, 3.63) is 28.8 Å². The van der Waals surface area contributed by atoms with Crippen LogP contribution >= 0.6 is 11.6 Å². The summed E-state index contributed by atoms with van der Waals surface area (Å²) >= 11 is 6.36. The maximum atomic E-state index is 6.36. The van der Waals surface area contributed by atoms with Gasteiger partial charge >= 0.3 is 0 Å². The van der Waals surface area contributed by atoms with E-state index >= 15 is 0 Å². The quantitative estimate of drug-likeness (QED) is 0.896. The van der Waals surface area contributed by atoms with Crippen LogP contribution in [0.4, 0.5) is 0 Å². The van der Waals surface area contributed by atoms with Gasteiger partial charge in [-0.3, -0.25) is 4.99 Å². The molecule has 1 atom stereocenters. The number of nitrogens with two attached hydrogens (primary N) is 1. The van der Waals surface area contributed by atoms with Gasteiger partial charge in [-0.25, -0.2) is 0 Å². The normalized spacial score (nSPS) is 18.6. The van der Waals surface area contributed by atoms with Crippen LogP contribution in [0.1, 0.15) is 11.6 Å². The molecule has 20 heavy (non-hydrogen) atoms. The van der Waals surface area contributed by atoms with Gasteiger partial charge in [0.25, 0.3) is 0 Å². The maximum absolute atomic E-state index is 6.36. The Balaban J connectivity index is 2.27. The van der Waals surface area contributed by atoms with Crippen LogP contribution in [-0.4, -0.2) is 56.6 Å². The van der Waals surface area contributed by atoms with Crippen molar-refractivity contribution in [2.75, 3.05) is 40.8 Å². The second-order valence-corrected chi connectivity index (χ2v) is 5.47. The molecule has 0 aliphatic carbocycles. The van der Waals surface area contributed by atoms with Gasteiger partial charge in [0.2, 0.25) is 0 Å². The van der Waals surface area contributed by atoms with E-state index in [1.54, 1.807) is 7.11 Å². The first-order chi connectivity index (χ1) is 9.54. The lowest BCUT2D eigenvalue weighted by Crippen LogP contribution is -2.40. The number of nitrogens with zero attached hydrogens (tertiary/aromatic N) is 3. The molecule has 0 bridgehead atoms. The average Bonchev–Trinajstić information content (AvgIpc) is 2.77. The van der Waals surface area contributed by atoms with Gasteiger partial charge in [-0.1, -0.05) is 17.7 Å². The number of likely N-dealkylation sites (N-methyl/N-ethyl adjacent to an activating group) is 1. The summed E-state index contributed by atoms with van der Waals surface area (Å²) in [6.07, 6.45) is 0. The largest absolute Gasteiger partial charge is 0.496 e. The molecule has 1 heterocycles. The predicted octanol–water partition coefficient (Wildman–Crippen LogP) is 1.58. The van der Waals surface area contributed by atoms with Gasteiger partial charge in [0.05, 0.1) is 19.7 Å². The molecule has 0 radical (unpaired) electrons. The lowest BCUT2D eigenvalue weighted by atomic mass is 10.0. The van der Waals surface area contributed by atoms with E-state index in [0.717, 1.165) is 24.4 Å². The number of benzene rings is 1. The lowest BCUT2D eigenvalue weighted by Gasteiger charge is -2.29. The Kier molecular flexibility index (Phi) is 4.73. The van der Waals surface area contributed by atoms with Gasteiger partial charge < -0.3 is 20.3 Å². The molecule has 0 fully saturated rings. The van der Waals surface area contributed by atoms with Crippen molar-refractivity contribution in [3.63, 3.8) is 0 Å². The standard InChI is InChI=1S/C14H21ClN4O/c1-18(2)7-8-19-11(9-17-14(19)16)13-10(15)5-4-6-12(13)20-3/h4-6,11H,7-9H2,1-3H3,(H2,16,17). The summed E-state index contributed by atoms with van der Waals surface area (Å²) in [5, 5.41) is 0.689. The molecule has 0 saturated heterocycles. The third kappa shape index (κ3) is 2.99. The summed E-state index contributed by atoms with van der Waals surface area (Å²) in [5.74, 6) is 1.35. The van der Waals surface area contributed by atoms with E-state index in [-0.39, 0.29) is 6.04 Å². The van der Waals surface area contributed by atoms with Crippen LogP contribution in [0.3, 0.4) is 0 Å². The van der Waals surface area contributed by atoms with Gasteiger partial charge in [-0.2, -0.15) is 0 Å². The zero-order chi connectivity index (χ0) is 14.7. The van der Waals surface area contributed by atoms with Crippen LogP contribution in [0.5, 0.6) is 5.75 Å². The van der Waals surface area contributed by atoms with Gasteiger partial charge in [-0.05, 0) is 26.2 Å². The van der Waals surface area contributed by atoms with Crippen LogP contribution in [0.15, 0.2) is 23.2 Å². The molecular formula is C14H21ClN4O. The van der Waals surface area contributed by atoms with Crippen LogP contribution in [0.25, 0.3) is 0 Å². The van der Waals surface area contributed by atoms with E-state index in [9.17, 15) is 0 Å². The Morgan fingerprint density at radius 3 is 2.90 bits per heavy atom. The molecule has 1 unspecified atom stereocenters. The second kappa shape index (κ2) is 6.33. The first-order valence-corrected chi connectivity index (χ1v) is 6.96. The van der Waals surface area contributed by atoms with E-state index in [1.165, 1.54) is 0 Å². The van der Waals surface area contributed by atoms with Crippen molar-refractivity contribution in [3.8, 4) is 5.75 Å². The Labute approximate surface area is 125 Å². The van der Waals surface area contributed by atoms with Crippen molar-refractivity contribution >= 4 is 17.6 Å². The molecule has 5 nitrogen and oxygen atoms in total. The van der Waals surface area contributed by atoms with Gasteiger partial charge in [-0.15, -0.1) is 0 Å². The topological polar surface area (TPSA) is 54.1 Å². The molecule has 1 aliphatic rings. The highest BCUT2D eigenvalue weighted by Gasteiger charge is 2.31. The number of ether oxygens (including phenoxy) is 1. The van der Waals surface area contributed by atoms with Crippen LogP contribution < -0.4 is 10.5 Å². The molecule has 6 heteroatoms. The minimum atomic E-state index is 0.0404. The molecule has 110 valence electrons. The van der Waals surface area contributed by atoms with Crippen LogP contribution in [0.2, 0.25) is 5.02 Å². The zero-order valence-corrected chi connectivity index (χ0v) is 12.9. The van der Waals surface area contributed by atoms with Crippen molar-refractivity contribution in [1.29, 1.82) is 0 Å². The van der Waals surface area contributed by atoms with Crippen LogP contribution in [-0.2, 0) is 0 Å². The number of rotatable bonds is 5. The SMILES string of the molecule is COc1cccc(Cl)c1C1CN=C(N)N1CCN(C)C. The van der Waals surface area contributed by atoms with E-state index in [0.29, 0.717) is 17.5 Å². The third-order valence-corrected chi connectivity index (χ3v) is 3.78. The van der Waals surface area contributed by atoms with Crippen LogP contribution in [0, 0.1) is 0 Å². The molecule has 1 aromatic rings. The van der Waals surface area contributed by atoms with E-state index in [2.05, 4.69) is 14.8 Å². The van der Waals surface area contributed by atoms with Crippen molar-refractivity contribution < 1.29 is 4.74 Å². The van der Waals surface area contributed by atoms with E-state index < -0.39 is 0 Å². The fourth-order valence-corrected chi connectivity index (χ4v) is 2.66. The Morgan fingerprint density at radius 1 is 1.50 bits per heavy atom. The second-order valence-electron chi connectivity index (χ2n) is 5.07. The molecular weight excluding hydrogens is 276 g/mol. The summed E-state index contributed by atoms with van der Waals surface area (Å²) in [6, 6.07) is 5.71. The van der Waals surface area contributed by atoms with E-state index in [1.807, 2.05) is 32.3 Å². The average molecular weight is 297 g/mol. The summed E-state index contributed by atoms with van der Waals surface area (Å²) in [5.41, 5.74) is 6.97. The zero-order valence-electron chi connectivity index (χ0n) is 12.1. The smallest absolute Gasteiger partial charge is 0.191 e. The fraction of sp³-hybridized carbons (Fsp3) is 0.500. The highest BCUT2D eigenvalue weighted by atomic mass is 35.5. The van der Waals surface area contributed by atoms with Gasteiger partial charge in [0.15, 0.2) is 5.96 Å². The van der Waals surface area contributed by atoms with Crippen molar-refractivity contribution in [2.45, 2.75) is 6.04 Å². The van der Waals surface area contributed by atoms with Crippen molar-refractivity contribution in [1.82, 2.24) is 9.80 Å². The van der Waals surface area contributed by atoms with Gasteiger partial charge in [0, 0.05) is 23.7 Å².